The van der Waals surface area contributed by atoms with Crippen molar-refractivity contribution in [3.8, 4) is 0 Å². The van der Waals surface area contributed by atoms with Crippen molar-refractivity contribution in [1.29, 1.82) is 0 Å². The van der Waals surface area contributed by atoms with Crippen molar-refractivity contribution in [2.75, 3.05) is 11.9 Å². The smallest absolute Gasteiger partial charge is 0.319 e. The van der Waals surface area contributed by atoms with E-state index in [0.717, 1.165) is 5.56 Å². The highest BCUT2D eigenvalue weighted by molar-refractivity contribution is 5.95. The molecule has 1 atom stereocenters. The highest BCUT2D eigenvalue weighted by Gasteiger charge is 2.10. The van der Waals surface area contributed by atoms with Crippen LogP contribution in [0, 0.1) is 0 Å². The summed E-state index contributed by atoms with van der Waals surface area (Å²) in [5, 5.41) is 8.27. The topological polar surface area (TPSA) is 83.1 Å². The molecule has 0 radical (unpaired) electrons. The van der Waals surface area contributed by atoms with Gasteiger partial charge in [-0.3, -0.25) is 9.78 Å². The summed E-state index contributed by atoms with van der Waals surface area (Å²) in [4.78, 5) is 27.8. The van der Waals surface area contributed by atoms with E-state index in [1.807, 2.05) is 19.1 Å². The molecule has 6 nitrogen and oxygen atoms in total. The fourth-order valence-electron chi connectivity index (χ4n) is 2.07. The number of pyridine rings is 1. The predicted molar refractivity (Wildman–Crippen MR) is 93.8 cm³/mol. The minimum atomic E-state index is -0.317. The number of anilines is 1. The second-order valence-electron chi connectivity index (χ2n) is 5.18. The first-order valence-electron chi connectivity index (χ1n) is 7.56. The Kier molecular flexibility index (Phi) is 6.08. The van der Waals surface area contributed by atoms with Gasteiger partial charge in [0.2, 0.25) is 0 Å². The maximum Gasteiger partial charge on any atom is 0.319 e. The number of carbonyl (C=O) groups excluding carboxylic acids is 2. The van der Waals surface area contributed by atoms with Crippen LogP contribution in [-0.2, 0) is 0 Å². The first-order valence-corrected chi connectivity index (χ1v) is 7.56. The molecule has 0 fully saturated rings. The Labute approximate surface area is 141 Å². The summed E-state index contributed by atoms with van der Waals surface area (Å²) < 4.78 is 0. The van der Waals surface area contributed by atoms with E-state index in [9.17, 15) is 9.59 Å². The third kappa shape index (κ3) is 4.95. The van der Waals surface area contributed by atoms with Gasteiger partial charge in [0.15, 0.2) is 0 Å². The van der Waals surface area contributed by atoms with Gasteiger partial charge in [-0.2, -0.15) is 0 Å². The molecule has 0 bridgehead atoms. The molecule has 0 aliphatic heterocycles. The molecule has 1 aromatic carbocycles. The Morgan fingerprint density at radius 2 is 1.83 bits per heavy atom. The summed E-state index contributed by atoms with van der Waals surface area (Å²) in [6, 6.07) is 9.91. The van der Waals surface area contributed by atoms with Gasteiger partial charge in [-0.1, -0.05) is 6.08 Å². The number of carbonyl (C=O) groups is 2. The molecule has 3 N–H and O–H groups in total. The lowest BCUT2D eigenvalue weighted by Crippen LogP contribution is -2.31. The Bertz CT molecular complexity index is 699. The van der Waals surface area contributed by atoms with Crippen molar-refractivity contribution in [3.63, 3.8) is 0 Å². The molecule has 0 saturated carbocycles. The summed E-state index contributed by atoms with van der Waals surface area (Å²) in [6.45, 7) is 5.85. The zero-order valence-corrected chi connectivity index (χ0v) is 13.5. The molecule has 124 valence electrons. The van der Waals surface area contributed by atoms with E-state index in [0.29, 0.717) is 17.8 Å². The fourth-order valence-corrected chi connectivity index (χ4v) is 2.07. The normalized spacial score (nSPS) is 11.2. The summed E-state index contributed by atoms with van der Waals surface area (Å²) in [5.74, 6) is -0.183. The van der Waals surface area contributed by atoms with E-state index < -0.39 is 0 Å². The monoisotopic (exact) mass is 324 g/mol. The maximum absolute atomic E-state index is 12.0. The molecule has 2 aromatic rings. The minimum Gasteiger partial charge on any atom is -0.349 e. The average Bonchev–Trinajstić information content (AvgIpc) is 2.61. The van der Waals surface area contributed by atoms with Crippen molar-refractivity contribution in [2.24, 2.45) is 0 Å². The van der Waals surface area contributed by atoms with Gasteiger partial charge in [0, 0.05) is 30.2 Å². The van der Waals surface area contributed by atoms with Crippen molar-refractivity contribution < 1.29 is 9.59 Å². The lowest BCUT2D eigenvalue weighted by molar-refractivity contribution is 0.0958. The zero-order valence-electron chi connectivity index (χ0n) is 13.5. The lowest BCUT2D eigenvalue weighted by atomic mass is 10.1. The second kappa shape index (κ2) is 8.47. The van der Waals surface area contributed by atoms with Gasteiger partial charge in [-0.25, -0.2) is 4.79 Å². The van der Waals surface area contributed by atoms with Gasteiger partial charge >= 0.3 is 6.03 Å². The quantitative estimate of drug-likeness (QED) is 0.715. The van der Waals surface area contributed by atoms with E-state index >= 15 is 0 Å². The predicted octanol–water partition coefficient (Wildman–Crippen LogP) is 2.88. The van der Waals surface area contributed by atoms with Gasteiger partial charge in [0.25, 0.3) is 5.91 Å². The van der Waals surface area contributed by atoms with Crippen molar-refractivity contribution in [1.82, 2.24) is 15.6 Å². The summed E-state index contributed by atoms with van der Waals surface area (Å²) >= 11 is 0. The van der Waals surface area contributed by atoms with E-state index in [1.165, 1.54) is 0 Å². The van der Waals surface area contributed by atoms with Crippen LogP contribution in [0.25, 0.3) is 0 Å². The summed E-state index contributed by atoms with van der Waals surface area (Å²) in [6.07, 6.45) is 4.98. The maximum atomic E-state index is 12.0. The SMILES string of the molecule is C=CCNC(=O)c1ccc(NC(=O)NC(C)c2ccncc2)cc1. The summed E-state index contributed by atoms with van der Waals surface area (Å²) in [7, 11) is 0. The van der Waals surface area contributed by atoms with Crippen molar-refractivity contribution in [2.45, 2.75) is 13.0 Å². The van der Waals surface area contributed by atoms with Crippen LogP contribution < -0.4 is 16.0 Å². The van der Waals surface area contributed by atoms with E-state index in [1.54, 1.807) is 42.7 Å². The van der Waals surface area contributed by atoms with Crippen LogP contribution in [0.5, 0.6) is 0 Å². The van der Waals surface area contributed by atoms with Crippen LogP contribution in [0.2, 0.25) is 0 Å². The number of amides is 3. The molecule has 6 heteroatoms. The first kappa shape index (κ1) is 17.2. The first-order chi connectivity index (χ1) is 11.6. The Hall–Kier alpha value is -3.15. The molecule has 1 unspecified atom stereocenters. The molecule has 0 spiro atoms. The fraction of sp³-hybridized carbons (Fsp3) is 0.167. The number of hydrogen-bond donors (Lipinski definition) is 3. The van der Waals surface area contributed by atoms with Crippen LogP contribution in [0.4, 0.5) is 10.5 Å². The molecule has 24 heavy (non-hydrogen) atoms. The van der Waals surface area contributed by atoms with Crippen LogP contribution in [0.15, 0.2) is 61.4 Å². The Morgan fingerprint density at radius 3 is 2.46 bits per heavy atom. The standard InChI is InChI=1S/C18H20N4O2/c1-3-10-20-17(23)15-4-6-16(7-5-15)22-18(24)21-13(2)14-8-11-19-12-9-14/h3-9,11-13H,1,10H2,2H3,(H,20,23)(H2,21,22,24). The average molecular weight is 324 g/mol. The number of nitrogens with one attached hydrogen (secondary N) is 3. The molecule has 0 aliphatic rings. The highest BCUT2D eigenvalue weighted by atomic mass is 16.2. The van der Waals surface area contributed by atoms with Crippen LogP contribution in [0.3, 0.4) is 0 Å². The molecule has 0 saturated heterocycles. The number of hydrogen-bond acceptors (Lipinski definition) is 3. The third-order valence-corrected chi connectivity index (χ3v) is 3.37. The summed E-state index contributed by atoms with van der Waals surface area (Å²) in [5.41, 5.74) is 2.09. The second-order valence-corrected chi connectivity index (χ2v) is 5.18. The lowest BCUT2D eigenvalue weighted by Gasteiger charge is -2.15. The Balaban J connectivity index is 1.90. The zero-order chi connectivity index (χ0) is 17.4. The number of benzene rings is 1. The van der Waals surface area contributed by atoms with Gasteiger partial charge in [-0.05, 0) is 48.9 Å². The molecule has 2 rings (SSSR count). The number of aromatic nitrogens is 1. The van der Waals surface area contributed by atoms with E-state index in [-0.39, 0.29) is 18.0 Å². The number of urea groups is 1. The third-order valence-electron chi connectivity index (χ3n) is 3.37. The molecule has 0 aliphatic carbocycles. The van der Waals surface area contributed by atoms with Gasteiger partial charge < -0.3 is 16.0 Å². The van der Waals surface area contributed by atoms with Gasteiger partial charge in [0.05, 0.1) is 6.04 Å². The number of rotatable bonds is 6. The van der Waals surface area contributed by atoms with Gasteiger partial charge in [0.1, 0.15) is 0 Å². The number of nitrogens with zero attached hydrogens (tertiary/aromatic N) is 1. The van der Waals surface area contributed by atoms with Crippen LogP contribution in [0.1, 0.15) is 28.9 Å². The van der Waals surface area contributed by atoms with Crippen molar-refractivity contribution >= 4 is 17.6 Å². The van der Waals surface area contributed by atoms with E-state index in [4.69, 9.17) is 0 Å². The van der Waals surface area contributed by atoms with Crippen LogP contribution >= 0.6 is 0 Å². The van der Waals surface area contributed by atoms with Gasteiger partial charge in [-0.15, -0.1) is 6.58 Å². The minimum absolute atomic E-state index is 0.142. The molecule has 3 amide bonds. The molecule has 1 heterocycles. The Morgan fingerprint density at radius 1 is 1.17 bits per heavy atom. The molecular formula is C18H20N4O2. The largest absolute Gasteiger partial charge is 0.349 e. The molecule has 1 aromatic heterocycles. The van der Waals surface area contributed by atoms with Crippen LogP contribution in [-0.4, -0.2) is 23.5 Å². The highest BCUT2D eigenvalue weighted by Crippen LogP contribution is 2.12. The molecular weight excluding hydrogens is 304 g/mol. The van der Waals surface area contributed by atoms with Crippen molar-refractivity contribution in [3.05, 3.63) is 72.6 Å². The van der Waals surface area contributed by atoms with E-state index in [2.05, 4.69) is 27.5 Å².